The Morgan fingerprint density at radius 1 is 1.53 bits per heavy atom. The van der Waals surface area contributed by atoms with E-state index in [2.05, 4.69) is 17.2 Å². The van der Waals surface area contributed by atoms with E-state index in [9.17, 15) is 4.79 Å². The molecule has 1 heterocycles. The number of hydrogen-bond acceptors (Lipinski definition) is 4. The molecule has 1 saturated carbocycles. The lowest BCUT2D eigenvalue weighted by molar-refractivity contribution is 0.255. The van der Waals surface area contributed by atoms with Gasteiger partial charge < -0.3 is 15.0 Å². The summed E-state index contributed by atoms with van der Waals surface area (Å²) in [5.74, 6) is 0.833. The molecule has 1 aliphatic carbocycles. The molecule has 5 nitrogen and oxygen atoms in total. The molecule has 0 aromatic carbocycles. The van der Waals surface area contributed by atoms with Crippen molar-refractivity contribution in [3.05, 3.63) is 22.7 Å². The minimum atomic E-state index is -0.0238. The van der Waals surface area contributed by atoms with Gasteiger partial charge in [-0.2, -0.15) is 0 Å². The van der Waals surface area contributed by atoms with Crippen LogP contribution < -0.4 is 10.9 Å². The zero-order chi connectivity index (χ0) is 13.7. The average Bonchev–Trinajstić information content (AvgIpc) is 3.22. The van der Waals surface area contributed by atoms with E-state index in [0.717, 1.165) is 32.1 Å². The van der Waals surface area contributed by atoms with Crippen LogP contribution in [0.15, 0.2) is 17.2 Å². The molecule has 0 amide bonds. The largest absolute Gasteiger partial charge is 0.396 e. The number of aliphatic hydroxyl groups excluding tert-OH is 1. The molecule has 0 radical (unpaired) electrons. The second kappa shape index (κ2) is 6.70. The second-order valence-electron chi connectivity index (χ2n) is 5.27. The molecule has 1 atom stereocenters. The summed E-state index contributed by atoms with van der Waals surface area (Å²) in [6.45, 7) is 3.03. The molecule has 1 unspecified atom stereocenters. The second-order valence-corrected chi connectivity index (χ2v) is 5.27. The van der Waals surface area contributed by atoms with Crippen LogP contribution in [-0.2, 0) is 0 Å². The number of rotatable bonds is 8. The number of aliphatic hydroxyl groups is 1. The molecule has 2 N–H and O–H groups in total. The van der Waals surface area contributed by atoms with Crippen LogP contribution in [0.25, 0.3) is 0 Å². The highest BCUT2D eigenvalue weighted by atomic mass is 16.3. The fourth-order valence-electron chi connectivity index (χ4n) is 2.37. The van der Waals surface area contributed by atoms with Crippen LogP contribution in [0.4, 0.5) is 5.82 Å². The van der Waals surface area contributed by atoms with Crippen LogP contribution in [0, 0.1) is 5.92 Å². The first-order valence-electron chi connectivity index (χ1n) is 7.18. The number of hydrogen-bond donors (Lipinski definition) is 2. The molecule has 106 valence electrons. The minimum absolute atomic E-state index is 0.0238. The van der Waals surface area contributed by atoms with Crippen molar-refractivity contribution in [2.45, 2.75) is 45.1 Å². The van der Waals surface area contributed by atoms with Crippen LogP contribution in [0.2, 0.25) is 0 Å². The van der Waals surface area contributed by atoms with Gasteiger partial charge >= 0.3 is 0 Å². The van der Waals surface area contributed by atoms with Crippen molar-refractivity contribution in [1.82, 2.24) is 9.55 Å². The SMILES string of the molecule is CCCC(CCO)CNc1nccn(C2CC2)c1=O. The maximum atomic E-state index is 12.2. The summed E-state index contributed by atoms with van der Waals surface area (Å²) >= 11 is 0. The third-order valence-electron chi connectivity index (χ3n) is 3.60. The molecule has 1 aromatic heterocycles. The standard InChI is InChI=1S/C14H23N3O2/c1-2-3-11(6-9-18)10-16-13-14(19)17(8-7-15-13)12-4-5-12/h7-8,11-12,18H,2-6,9-10H2,1H3,(H,15,16). The van der Waals surface area contributed by atoms with E-state index in [0.29, 0.717) is 24.3 Å². The van der Waals surface area contributed by atoms with Crippen LogP contribution in [-0.4, -0.2) is 27.8 Å². The summed E-state index contributed by atoms with van der Waals surface area (Å²) < 4.78 is 1.77. The smallest absolute Gasteiger partial charge is 0.293 e. The number of nitrogens with zero attached hydrogens (tertiary/aromatic N) is 2. The molecular weight excluding hydrogens is 242 g/mol. The lowest BCUT2D eigenvalue weighted by Crippen LogP contribution is -2.26. The van der Waals surface area contributed by atoms with Gasteiger partial charge in [0.15, 0.2) is 5.82 Å². The fraction of sp³-hybridized carbons (Fsp3) is 0.714. The lowest BCUT2D eigenvalue weighted by Gasteiger charge is -2.16. The van der Waals surface area contributed by atoms with Crippen LogP contribution in [0.5, 0.6) is 0 Å². The first-order chi connectivity index (χ1) is 9.26. The molecule has 2 rings (SSSR count). The van der Waals surface area contributed by atoms with E-state index in [-0.39, 0.29) is 12.2 Å². The Morgan fingerprint density at radius 3 is 2.95 bits per heavy atom. The first-order valence-corrected chi connectivity index (χ1v) is 7.18. The Morgan fingerprint density at radius 2 is 2.32 bits per heavy atom. The third kappa shape index (κ3) is 3.80. The van der Waals surface area contributed by atoms with Gasteiger partial charge in [-0.25, -0.2) is 4.98 Å². The molecule has 1 aliphatic rings. The van der Waals surface area contributed by atoms with Crippen LogP contribution >= 0.6 is 0 Å². The Balaban J connectivity index is 1.98. The third-order valence-corrected chi connectivity index (χ3v) is 3.60. The Labute approximate surface area is 113 Å². The summed E-state index contributed by atoms with van der Waals surface area (Å²) in [5.41, 5.74) is -0.0238. The summed E-state index contributed by atoms with van der Waals surface area (Å²) in [5, 5.41) is 12.2. The maximum absolute atomic E-state index is 12.2. The van der Waals surface area contributed by atoms with Crippen molar-refractivity contribution in [3.8, 4) is 0 Å². The van der Waals surface area contributed by atoms with E-state index in [4.69, 9.17) is 5.11 Å². The average molecular weight is 265 g/mol. The normalized spacial score (nSPS) is 16.3. The van der Waals surface area contributed by atoms with E-state index < -0.39 is 0 Å². The van der Waals surface area contributed by atoms with Gasteiger partial charge in [-0.05, 0) is 31.6 Å². The van der Waals surface area contributed by atoms with Gasteiger partial charge in [-0.1, -0.05) is 13.3 Å². The number of anilines is 1. The zero-order valence-corrected chi connectivity index (χ0v) is 11.5. The van der Waals surface area contributed by atoms with Crippen molar-refractivity contribution in [2.24, 2.45) is 5.92 Å². The van der Waals surface area contributed by atoms with E-state index in [1.165, 1.54) is 0 Å². The monoisotopic (exact) mass is 265 g/mol. The van der Waals surface area contributed by atoms with Gasteiger partial charge in [0, 0.05) is 31.6 Å². The number of aromatic nitrogens is 2. The molecule has 0 bridgehead atoms. The van der Waals surface area contributed by atoms with Crippen molar-refractivity contribution in [2.75, 3.05) is 18.5 Å². The number of nitrogens with one attached hydrogen (secondary N) is 1. The first kappa shape index (κ1) is 14.1. The summed E-state index contributed by atoms with van der Waals surface area (Å²) in [4.78, 5) is 16.3. The molecule has 0 aliphatic heterocycles. The van der Waals surface area contributed by atoms with Gasteiger partial charge in [-0.15, -0.1) is 0 Å². The summed E-state index contributed by atoms with van der Waals surface area (Å²) in [6, 6.07) is 0.375. The fourth-order valence-corrected chi connectivity index (χ4v) is 2.37. The predicted molar refractivity (Wildman–Crippen MR) is 75.4 cm³/mol. The Kier molecular flexibility index (Phi) is 4.96. The van der Waals surface area contributed by atoms with Gasteiger partial charge in [0.2, 0.25) is 0 Å². The molecule has 19 heavy (non-hydrogen) atoms. The minimum Gasteiger partial charge on any atom is -0.396 e. The lowest BCUT2D eigenvalue weighted by atomic mass is 10.0. The highest BCUT2D eigenvalue weighted by molar-refractivity contribution is 5.31. The van der Waals surface area contributed by atoms with Crippen LogP contribution in [0.3, 0.4) is 0 Å². The van der Waals surface area contributed by atoms with Crippen molar-refractivity contribution in [3.63, 3.8) is 0 Å². The highest BCUT2D eigenvalue weighted by Gasteiger charge is 2.25. The van der Waals surface area contributed by atoms with E-state index >= 15 is 0 Å². The summed E-state index contributed by atoms with van der Waals surface area (Å²) in [7, 11) is 0. The highest BCUT2D eigenvalue weighted by Crippen LogP contribution is 2.33. The molecule has 1 aromatic rings. The van der Waals surface area contributed by atoms with Gasteiger partial charge in [-0.3, -0.25) is 4.79 Å². The summed E-state index contributed by atoms with van der Waals surface area (Å²) in [6.07, 6.45) is 8.53. The van der Waals surface area contributed by atoms with Crippen LogP contribution in [0.1, 0.15) is 45.1 Å². The quantitative estimate of drug-likeness (QED) is 0.752. The van der Waals surface area contributed by atoms with Gasteiger partial charge in [0.1, 0.15) is 0 Å². The Bertz CT molecular complexity index is 448. The molecule has 5 heteroatoms. The van der Waals surface area contributed by atoms with Gasteiger partial charge in [0.05, 0.1) is 0 Å². The van der Waals surface area contributed by atoms with Crippen molar-refractivity contribution >= 4 is 5.82 Å². The maximum Gasteiger partial charge on any atom is 0.293 e. The molecule has 0 saturated heterocycles. The predicted octanol–water partition coefficient (Wildman–Crippen LogP) is 1.79. The van der Waals surface area contributed by atoms with Crippen molar-refractivity contribution < 1.29 is 5.11 Å². The van der Waals surface area contributed by atoms with E-state index in [1.54, 1.807) is 17.0 Å². The van der Waals surface area contributed by atoms with Gasteiger partial charge in [0.25, 0.3) is 5.56 Å². The van der Waals surface area contributed by atoms with Crippen molar-refractivity contribution in [1.29, 1.82) is 0 Å². The van der Waals surface area contributed by atoms with E-state index in [1.807, 2.05) is 0 Å². The Hall–Kier alpha value is -1.36. The topological polar surface area (TPSA) is 67.2 Å². The molecule has 0 spiro atoms. The zero-order valence-electron chi connectivity index (χ0n) is 11.5. The molecule has 1 fully saturated rings. The molecular formula is C14H23N3O2.